The maximum absolute atomic E-state index is 11.9. The van der Waals surface area contributed by atoms with Crippen molar-refractivity contribution in [2.24, 2.45) is 5.92 Å². The summed E-state index contributed by atoms with van der Waals surface area (Å²) in [4.78, 5) is 22.4. The number of carbonyl (C=O) groups excluding carboxylic acids is 1. The van der Waals surface area contributed by atoms with Gasteiger partial charge in [0.15, 0.2) is 0 Å². The molecule has 1 heterocycles. The molecule has 0 aliphatic carbocycles. The number of amides is 1. The predicted molar refractivity (Wildman–Crippen MR) is 91.8 cm³/mol. The van der Waals surface area contributed by atoms with Crippen molar-refractivity contribution in [2.75, 3.05) is 13.1 Å². The fourth-order valence-electron chi connectivity index (χ4n) is 2.85. The van der Waals surface area contributed by atoms with Gasteiger partial charge in [-0.05, 0) is 50.8 Å². The van der Waals surface area contributed by atoms with Gasteiger partial charge in [-0.25, -0.2) is 0 Å². The Morgan fingerprint density at radius 1 is 1.39 bits per heavy atom. The second-order valence-corrected chi connectivity index (χ2v) is 5.83. The van der Waals surface area contributed by atoms with Gasteiger partial charge in [0.2, 0.25) is 5.91 Å². The number of hydrogen-bond acceptors (Lipinski definition) is 4. The molecule has 1 amide bonds. The molecule has 0 atom stereocenters. The summed E-state index contributed by atoms with van der Waals surface area (Å²) < 4.78 is 0. The third kappa shape index (κ3) is 5.80. The average Bonchev–Trinajstić information content (AvgIpc) is 2.52. The van der Waals surface area contributed by atoms with Gasteiger partial charge >= 0.3 is 0 Å². The molecule has 1 aliphatic rings. The number of carbonyl (C=O) groups is 1. The Labute approximate surface area is 142 Å². The van der Waals surface area contributed by atoms with Crippen LogP contribution in [0.5, 0.6) is 0 Å². The van der Waals surface area contributed by atoms with E-state index < -0.39 is 4.92 Å². The molecule has 2 N–H and O–H groups in total. The van der Waals surface area contributed by atoms with Crippen molar-refractivity contribution in [3.63, 3.8) is 0 Å². The van der Waals surface area contributed by atoms with Crippen molar-refractivity contribution < 1.29 is 9.72 Å². The fourth-order valence-corrected chi connectivity index (χ4v) is 2.85. The first kappa shape index (κ1) is 19.4. The van der Waals surface area contributed by atoms with Gasteiger partial charge in [-0.3, -0.25) is 14.9 Å². The molecule has 2 rings (SSSR count). The highest BCUT2D eigenvalue weighted by Crippen LogP contribution is 2.21. The number of nitro groups is 1. The molecule has 0 bridgehead atoms. The van der Waals surface area contributed by atoms with E-state index in [0.717, 1.165) is 37.9 Å². The largest absolute Gasteiger partial charge is 0.352 e. The van der Waals surface area contributed by atoms with Crippen LogP contribution >= 0.6 is 12.4 Å². The second kappa shape index (κ2) is 9.47. The Morgan fingerprint density at radius 3 is 2.74 bits per heavy atom. The predicted octanol–water partition coefficient (Wildman–Crippen LogP) is 2.72. The van der Waals surface area contributed by atoms with Crippen LogP contribution in [-0.4, -0.2) is 23.9 Å². The van der Waals surface area contributed by atoms with Crippen molar-refractivity contribution in [3.05, 3.63) is 39.4 Å². The van der Waals surface area contributed by atoms with Crippen LogP contribution in [0.3, 0.4) is 0 Å². The molecule has 6 nitrogen and oxygen atoms in total. The van der Waals surface area contributed by atoms with Gasteiger partial charge in [0.05, 0.1) is 4.92 Å². The van der Waals surface area contributed by atoms with Gasteiger partial charge < -0.3 is 10.6 Å². The first-order chi connectivity index (χ1) is 10.6. The van der Waals surface area contributed by atoms with Crippen LogP contribution in [-0.2, 0) is 11.3 Å². The number of rotatable bonds is 6. The molecule has 0 aromatic heterocycles. The Kier molecular flexibility index (Phi) is 7.98. The highest BCUT2D eigenvalue weighted by Gasteiger charge is 2.16. The molecule has 0 saturated carbocycles. The number of hydrogen-bond donors (Lipinski definition) is 2. The van der Waals surface area contributed by atoms with Gasteiger partial charge in [-0.15, -0.1) is 12.4 Å². The SMILES string of the molecule is Cc1c(CNC(=O)CCC2CCNCC2)cccc1[N+](=O)[O-].Cl. The number of benzene rings is 1. The summed E-state index contributed by atoms with van der Waals surface area (Å²) >= 11 is 0. The van der Waals surface area contributed by atoms with Crippen LogP contribution in [0.25, 0.3) is 0 Å². The van der Waals surface area contributed by atoms with Crippen molar-refractivity contribution in [3.8, 4) is 0 Å². The number of halogens is 1. The molecule has 1 aliphatic heterocycles. The lowest BCUT2D eigenvalue weighted by Gasteiger charge is -2.22. The van der Waals surface area contributed by atoms with Crippen molar-refractivity contribution in [1.29, 1.82) is 0 Å². The van der Waals surface area contributed by atoms with E-state index in [0.29, 0.717) is 24.4 Å². The Balaban J connectivity index is 0.00000264. The minimum Gasteiger partial charge on any atom is -0.352 e. The van der Waals surface area contributed by atoms with Gasteiger partial charge in [0.25, 0.3) is 5.69 Å². The smallest absolute Gasteiger partial charge is 0.272 e. The van der Waals surface area contributed by atoms with Crippen LogP contribution in [0, 0.1) is 23.0 Å². The summed E-state index contributed by atoms with van der Waals surface area (Å²) in [6.07, 6.45) is 3.72. The quantitative estimate of drug-likeness (QED) is 0.615. The number of piperidine rings is 1. The standard InChI is InChI=1S/C16H23N3O3.ClH/c1-12-14(3-2-4-15(12)19(21)22)11-18-16(20)6-5-13-7-9-17-10-8-13;/h2-4,13,17H,5-11H2,1H3,(H,18,20);1H. The van der Waals surface area contributed by atoms with Crippen LogP contribution in [0.15, 0.2) is 18.2 Å². The molecule has 0 unspecified atom stereocenters. The molecule has 0 radical (unpaired) electrons. The first-order valence-corrected chi connectivity index (χ1v) is 7.78. The molecular formula is C16H24ClN3O3. The Bertz CT molecular complexity index is 545. The van der Waals surface area contributed by atoms with E-state index in [1.165, 1.54) is 6.07 Å². The van der Waals surface area contributed by atoms with E-state index in [9.17, 15) is 14.9 Å². The topological polar surface area (TPSA) is 84.3 Å². The van der Waals surface area contributed by atoms with Gasteiger partial charge in [-0.1, -0.05) is 12.1 Å². The number of nitrogens with zero attached hydrogens (tertiary/aromatic N) is 1. The van der Waals surface area contributed by atoms with Gasteiger partial charge in [-0.2, -0.15) is 0 Å². The minimum absolute atomic E-state index is 0. The summed E-state index contributed by atoms with van der Waals surface area (Å²) in [7, 11) is 0. The van der Waals surface area contributed by atoms with Crippen molar-refractivity contribution >= 4 is 24.0 Å². The van der Waals surface area contributed by atoms with Crippen molar-refractivity contribution in [1.82, 2.24) is 10.6 Å². The van der Waals surface area contributed by atoms with E-state index in [1.54, 1.807) is 13.0 Å². The zero-order valence-electron chi connectivity index (χ0n) is 13.3. The highest BCUT2D eigenvalue weighted by molar-refractivity contribution is 5.85. The van der Waals surface area contributed by atoms with E-state index in [1.807, 2.05) is 6.07 Å². The molecule has 1 aromatic rings. The summed E-state index contributed by atoms with van der Waals surface area (Å²) in [6, 6.07) is 4.95. The maximum Gasteiger partial charge on any atom is 0.272 e. The summed E-state index contributed by atoms with van der Waals surface area (Å²) in [5, 5.41) is 17.1. The Hall–Kier alpha value is -1.66. The van der Waals surface area contributed by atoms with Gasteiger partial charge in [0.1, 0.15) is 0 Å². The third-order valence-corrected chi connectivity index (χ3v) is 4.33. The van der Waals surface area contributed by atoms with Crippen LogP contribution in [0.2, 0.25) is 0 Å². The number of nitro benzene ring substituents is 1. The minimum atomic E-state index is -0.391. The van der Waals surface area contributed by atoms with E-state index in [-0.39, 0.29) is 24.0 Å². The fraction of sp³-hybridized carbons (Fsp3) is 0.562. The van der Waals surface area contributed by atoms with E-state index >= 15 is 0 Å². The summed E-state index contributed by atoms with van der Waals surface area (Å²) in [5.41, 5.74) is 1.51. The van der Waals surface area contributed by atoms with E-state index in [2.05, 4.69) is 10.6 Å². The number of nitrogens with one attached hydrogen (secondary N) is 2. The van der Waals surface area contributed by atoms with Crippen molar-refractivity contribution in [2.45, 2.75) is 39.2 Å². The highest BCUT2D eigenvalue weighted by atomic mass is 35.5. The van der Waals surface area contributed by atoms with E-state index in [4.69, 9.17) is 0 Å². The van der Waals surface area contributed by atoms with Crippen LogP contribution in [0.4, 0.5) is 5.69 Å². The zero-order chi connectivity index (χ0) is 15.9. The van der Waals surface area contributed by atoms with Gasteiger partial charge in [0, 0.05) is 24.6 Å². The lowest BCUT2D eigenvalue weighted by atomic mass is 9.93. The second-order valence-electron chi connectivity index (χ2n) is 5.83. The maximum atomic E-state index is 11.9. The molecule has 128 valence electrons. The molecule has 1 aromatic carbocycles. The molecular weight excluding hydrogens is 318 g/mol. The molecule has 0 spiro atoms. The first-order valence-electron chi connectivity index (χ1n) is 7.78. The average molecular weight is 342 g/mol. The van der Waals surface area contributed by atoms with Crippen LogP contribution < -0.4 is 10.6 Å². The summed E-state index contributed by atoms with van der Waals surface area (Å²) in [5.74, 6) is 0.649. The molecule has 1 fully saturated rings. The lowest BCUT2D eigenvalue weighted by molar-refractivity contribution is -0.385. The normalized spacial score (nSPS) is 14.8. The van der Waals surface area contributed by atoms with Crippen LogP contribution in [0.1, 0.15) is 36.8 Å². The third-order valence-electron chi connectivity index (χ3n) is 4.33. The lowest BCUT2D eigenvalue weighted by Crippen LogP contribution is -2.29. The zero-order valence-corrected chi connectivity index (χ0v) is 14.2. The molecule has 7 heteroatoms. The molecule has 23 heavy (non-hydrogen) atoms. The molecule has 1 saturated heterocycles. The summed E-state index contributed by atoms with van der Waals surface area (Å²) in [6.45, 7) is 4.14. The monoisotopic (exact) mass is 341 g/mol. The Morgan fingerprint density at radius 2 is 2.09 bits per heavy atom.